The van der Waals surface area contributed by atoms with Gasteiger partial charge < -0.3 is 34.5 Å². The first kappa shape index (κ1) is 27.6. The number of rotatable bonds is 7. The number of aromatic nitrogens is 4. The second-order valence-corrected chi connectivity index (χ2v) is 14.4. The molecule has 1 spiro atoms. The number of anilines is 1. The van der Waals surface area contributed by atoms with Crippen LogP contribution in [0.2, 0.25) is 5.28 Å². The van der Waals surface area contributed by atoms with Crippen molar-refractivity contribution >= 4 is 43.8 Å². The van der Waals surface area contributed by atoms with Gasteiger partial charge >= 0.3 is 15.2 Å². The molecule has 5 N–H and O–H groups in total. The average molecular weight is 618 g/mol. The van der Waals surface area contributed by atoms with E-state index in [2.05, 4.69) is 15.0 Å². The number of aryl methyl sites for hydroxylation is 1. The molecule has 4 heterocycles. The quantitative estimate of drug-likeness (QED) is 0.191. The number of hydrogen-bond acceptors (Lipinski definition) is 10. The van der Waals surface area contributed by atoms with E-state index in [0.717, 1.165) is 24.0 Å². The van der Waals surface area contributed by atoms with Crippen LogP contribution in [0.25, 0.3) is 11.2 Å². The highest BCUT2D eigenvalue weighted by atomic mass is 35.5. The minimum atomic E-state index is -4.86. The Morgan fingerprint density at radius 1 is 1.23 bits per heavy atom. The average Bonchev–Trinajstić information content (AvgIpc) is 3.49. The number of halogens is 2. The molecule has 6 rings (SSSR count). The molecule has 214 valence electrons. The summed E-state index contributed by atoms with van der Waals surface area (Å²) >= 11 is 6.24. The maximum absolute atomic E-state index is 14.0. The SMILES string of the molecule is O=P(O)(O)CP(=O)(O)OCC1=C(O)C(O)[C@H](n2cnc3c(N4CC5(CCc6ccc(F)cc65)C4)nc(Cl)nc32)O1. The molecule has 3 aromatic rings. The van der Waals surface area contributed by atoms with Crippen LogP contribution in [0.15, 0.2) is 36.0 Å². The van der Waals surface area contributed by atoms with Gasteiger partial charge in [-0.15, -0.1) is 0 Å². The van der Waals surface area contributed by atoms with E-state index in [1.807, 2.05) is 11.0 Å². The summed E-state index contributed by atoms with van der Waals surface area (Å²) < 4.78 is 48.6. The van der Waals surface area contributed by atoms with Crippen LogP contribution in [-0.2, 0) is 30.2 Å². The van der Waals surface area contributed by atoms with E-state index in [9.17, 15) is 28.6 Å². The summed E-state index contributed by atoms with van der Waals surface area (Å²) in [6.07, 6.45) is 0.0264. The van der Waals surface area contributed by atoms with Crippen LogP contribution in [0, 0.1) is 5.82 Å². The van der Waals surface area contributed by atoms with Crippen molar-refractivity contribution in [3.63, 3.8) is 0 Å². The van der Waals surface area contributed by atoms with Gasteiger partial charge in [0.05, 0.1) is 0 Å². The van der Waals surface area contributed by atoms with Gasteiger partial charge in [-0.05, 0) is 47.7 Å². The lowest BCUT2D eigenvalue weighted by Crippen LogP contribution is -2.58. The lowest BCUT2D eigenvalue weighted by Gasteiger charge is -2.49. The molecule has 0 saturated carbocycles. The molecule has 40 heavy (non-hydrogen) atoms. The number of ether oxygens (including phenoxy) is 1. The molecule has 14 nitrogen and oxygen atoms in total. The fourth-order valence-electron chi connectivity index (χ4n) is 5.53. The third kappa shape index (κ3) is 4.80. The molecule has 0 amide bonds. The summed E-state index contributed by atoms with van der Waals surface area (Å²) in [7, 11) is -9.61. The molecule has 2 aromatic heterocycles. The number of aliphatic hydroxyl groups excluding tert-OH is 2. The zero-order valence-electron chi connectivity index (χ0n) is 20.5. The second kappa shape index (κ2) is 9.47. The summed E-state index contributed by atoms with van der Waals surface area (Å²) in [5.74, 6) is -2.42. The number of aliphatic hydroxyl groups is 2. The van der Waals surface area contributed by atoms with Crippen molar-refractivity contribution in [3.05, 3.63) is 58.3 Å². The highest BCUT2D eigenvalue weighted by Crippen LogP contribution is 2.56. The van der Waals surface area contributed by atoms with Crippen LogP contribution in [0.5, 0.6) is 0 Å². The zero-order valence-corrected chi connectivity index (χ0v) is 23.0. The summed E-state index contributed by atoms with van der Waals surface area (Å²) in [5.41, 5.74) is 2.39. The summed E-state index contributed by atoms with van der Waals surface area (Å²) in [5, 5.41) is 20.9. The third-order valence-electron chi connectivity index (χ3n) is 7.31. The number of nitrogens with zero attached hydrogens (tertiary/aromatic N) is 5. The maximum Gasteiger partial charge on any atom is 0.340 e. The summed E-state index contributed by atoms with van der Waals surface area (Å²) in [6.45, 7) is 0.265. The predicted octanol–water partition coefficient (Wildman–Crippen LogP) is 2.32. The van der Waals surface area contributed by atoms with E-state index in [-0.39, 0.29) is 22.2 Å². The van der Waals surface area contributed by atoms with Gasteiger partial charge in [0.15, 0.2) is 40.5 Å². The molecule has 0 bridgehead atoms. The molecule has 3 atom stereocenters. The van der Waals surface area contributed by atoms with E-state index in [4.69, 9.17) is 30.6 Å². The van der Waals surface area contributed by atoms with Crippen molar-refractivity contribution in [3.8, 4) is 0 Å². The van der Waals surface area contributed by atoms with Gasteiger partial charge in [-0.1, -0.05) is 6.07 Å². The highest BCUT2D eigenvalue weighted by molar-refractivity contribution is 7.70. The molecule has 18 heteroatoms. The highest BCUT2D eigenvalue weighted by Gasteiger charge is 2.50. The summed E-state index contributed by atoms with van der Waals surface area (Å²) in [6, 6.07) is 4.86. The number of imidazole rings is 1. The van der Waals surface area contributed by atoms with Crippen molar-refractivity contribution in [2.45, 2.75) is 30.6 Å². The van der Waals surface area contributed by atoms with Crippen LogP contribution in [0.1, 0.15) is 23.8 Å². The molecule has 2 aliphatic heterocycles. The molecule has 2 unspecified atom stereocenters. The van der Waals surface area contributed by atoms with Gasteiger partial charge in [0, 0.05) is 18.5 Å². The predicted molar refractivity (Wildman–Crippen MR) is 137 cm³/mol. The van der Waals surface area contributed by atoms with Crippen molar-refractivity contribution in [1.82, 2.24) is 19.5 Å². The van der Waals surface area contributed by atoms with E-state index >= 15 is 0 Å². The lowest BCUT2D eigenvalue weighted by molar-refractivity contribution is -0.0112. The lowest BCUT2D eigenvalue weighted by atomic mass is 9.74. The van der Waals surface area contributed by atoms with Crippen molar-refractivity contribution in [2.75, 3.05) is 30.5 Å². The molecule has 1 aromatic carbocycles. The first-order valence-electron chi connectivity index (χ1n) is 12.0. The Morgan fingerprint density at radius 2 is 1.98 bits per heavy atom. The van der Waals surface area contributed by atoms with Gasteiger partial charge in [-0.2, -0.15) is 9.97 Å². The number of benzene rings is 1. The second-order valence-electron chi connectivity index (χ2n) is 10.1. The van der Waals surface area contributed by atoms with Crippen LogP contribution in [0.3, 0.4) is 0 Å². The van der Waals surface area contributed by atoms with Gasteiger partial charge in [-0.25, -0.2) is 9.37 Å². The molecule has 1 fully saturated rings. The largest absolute Gasteiger partial charge is 0.506 e. The van der Waals surface area contributed by atoms with Gasteiger partial charge in [0.2, 0.25) is 11.5 Å². The summed E-state index contributed by atoms with van der Waals surface area (Å²) in [4.78, 5) is 42.5. The first-order valence-corrected chi connectivity index (χ1v) is 15.9. The number of fused-ring (bicyclic) bond motifs is 3. The standard InChI is InChI=1S/C22H23ClFN5O9P2/c23-21-26-18(28-7-22(8-28)4-3-11-1-2-12(24)5-13(11)22)15-19(27-21)29(9-25-15)20-17(31)16(30)14(38-20)6-37-40(35,36)10-39(32,33)34/h1-2,5,9,17,20,30-31H,3-4,6-8,10H2,(H,35,36)(H2,32,33,34)/t17?,20-/m1/s1. The Bertz CT molecular complexity index is 1660. The molecule has 3 aliphatic rings. The Labute approximate surface area is 230 Å². The van der Waals surface area contributed by atoms with Crippen LogP contribution in [-0.4, -0.2) is 76.1 Å². The Balaban J connectivity index is 1.23. The van der Waals surface area contributed by atoms with Crippen molar-refractivity contribution in [2.24, 2.45) is 0 Å². The normalized spacial score (nSPS) is 23.4. The van der Waals surface area contributed by atoms with E-state index in [0.29, 0.717) is 24.4 Å². The van der Waals surface area contributed by atoms with E-state index in [1.54, 1.807) is 6.07 Å². The minimum Gasteiger partial charge on any atom is -0.506 e. The van der Waals surface area contributed by atoms with Crippen molar-refractivity contribution in [1.29, 1.82) is 0 Å². The Morgan fingerprint density at radius 3 is 2.70 bits per heavy atom. The Kier molecular flexibility index (Phi) is 6.52. The first-order chi connectivity index (χ1) is 18.8. The Hall–Kier alpha value is -2.61. The van der Waals surface area contributed by atoms with Gasteiger partial charge in [0.25, 0.3) is 0 Å². The van der Waals surface area contributed by atoms with Crippen LogP contribution in [0.4, 0.5) is 10.2 Å². The van der Waals surface area contributed by atoms with Crippen LogP contribution >= 0.6 is 26.8 Å². The molecule has 0 radical (unpaired) electrons. The van der Waals surface area contributed by atoms with Crippen LogP contribution < -0.4 is 4.90 Å². The third-order valence-corrected chi connectivity index (χ3v) is 10.9. The molecular weight excluding hydrogens is 595 g/mol. The van der Waals surface area contributed by atoms with E-state index < -0.39 is 51.6 Å². The van der Waals surface area contributed by atoms with Crippen molar-refractivity contribution < 1.29 is 47.7 Å². The smallest absolute Gasteiger partial charge is 0.340 e. The molecular formula is C22H23ClFN5O9P2. The fourth-order valence-corrected chi connectivity index (χ4v) is 8.20. The molecule has 1 saturated heterocycles. The van der Waals surface area contributed by atoms with Gasteiger partial charge in [-0.3, -0.25) is 18.2 Å². The van der Waals surface area contributed by atoms with Gasteiger partial charge in [0.1, 0.15) is 18.8 Å². The minimum absolute atomic E-state index is 0.116. The van der Waals surface area contributed by atoms with E-state index in [1.165, 1.54) is 17.0 Å². The topological polar surface area (TPSA) is 201 Å². The monoisotopic (exact) mass is 617 g/mol. The maximum atomic E-state index is 14.0. The number of hydrogen-bond donors (Lipinski definition) is 5. The molecule has 1 aliphatic carbocycles. The zero-order chi connectivity index (χ0) is 28.6. The fraction of sp³-hybridized carbons (Fsp3) is 0.409.